The Balaban J connectivity index is 1.53. The van der Waals surface area contributed by atoms with Crippen molar-refractivity contribution in [3.05, 3.63) is 24.0 Å². The standard InChI is InChI=1S/C14H18N8S/c1-4-11-17-18-13-12(15-5-6-22(11)13)21-7-10(8-21)20(3)14-16-9(2)19-23-14/h5-6,10H,4,7-8H2,1-3H3. The maximum atomic E-state index is 4.51. The monoisotopic (exact) mass is 330 g/mol. The van der Waals surface area contributed by atoms with Gasteiger partial charge in [0.2, 0.25) is 10.8 Å². The average Bonchev–Trinajstić information content (AvgIpc) is 3.12. The minimum atomic E-state index is 0.415. The first kappa shape index (κ1) is 14.3. The summed E-state index contributed by atoms with van der Waals surface area (Å²) in [5.74, 6) is 2.69. The van der Waals surface area contributed by atoms with Crippen LogP contribution in [0.2, 0.25) is 0 Å². The van der Waals surface area contributed by atoms with Gasteiger partial charge in [-0.15, -0.1) is 10.2 Å². The van der Waals surface area contributed by atoms with Crippen LogP contribution in [-0.2, 0) is 6.42 Å². The zero-order chi connectivity index (χ0) is 16.0. The molecule has 1 saturated heterocycles. The van der Waals surface area contributed by atoms with Gasteiger partial charge in [-0.2, -0.15) is 4.37 Å². The Hall–Kier alpha value is -2.29. The first-order chi connectivity index (χ1) is 11.2. The van der Waals surface area contributed by atoms with Crippen molar-refractivity contribution in [3.63, 3.8) is 0 Å². The lowest BCUT2D eigenvalue weighted by atomic mass is 10.1. The highest BCUT2D eigenvalue weighted by Gasteiger charge is 2.34. The van der Waals surface area contributed by atoms with Gasteiger partial charge < -0.3 is 9.80 Å². The molecule has 0 bridgehead atoms. The number of aryl methyl sites for hydroxylation is 2. The van der Waals surface area contributed by atoms with Gasteiger partial charge in [-0.1, -0.05) is 6.92 Å². The number of aromatic nitrogens is 6. The van der Waals surface area contributed by atoms with Gasteiger partial charge >= 0.3 is 0 Å². The summed E-state index contributed by atoms with van der Waals surface area (Å²) in [5, 5.41) is 9.50. The Labute approximate surface area is 138 Å². The van der Waals surface area contributed by atoms with Crippen molar-refractivity contribution in [1.82, 2.24) is 28.9 Å². The van der Waals surface area contributed by atoms with E-state index in [4.69, 9.17) is 0 Å². The molecule has 0 amide bonds. The molecule has 1 fully saturated rings. The molecule has 3 aromatic heterocycles. The molecule has 1 aliphatic rings. The van der Waals surface area contributed by atoms with Gasteiger partial charge in [0.05, 0.1) is 6.04 Å². The number of nitrogens with zero attached hydrogens (tertiary/aromatic N) is 8. The maximum absolute atomic E-state index is 4.51. The van der Waals surface area contributed by atoms with E-state index in [9.17, 15) is 0 Å². The summed E-state index contributed by atoms with van der Waals surface area (Å²) in [4.78, 5) is 13.4. The molecule has 4 heterocycles. The smallest absolute Gasteiger partial charge is 0.205 e. The number of hydrogen-bond acceptors (Lipinski definition) is 8. The lowest BCUT2D eigenvalue weighted by Crippen LogP contribution is -2.59. The molecular weight excluding hydrogens is 312 g/mol. The molecule has 0 spiro atoms. The molecule has 0 N–H and O–H groups in total. The van der Waals surface area contributed by atoms with Crippen LogP contribution in [0.25, 0.3) is 5.65 Å². The summed E-state index contributed by atoms with van der Waals surface area (Å²) in [6, 6.07) is 0.415. The zero-order valence-electron chi connectivity index (χ0n) is 13.3. The van der Waals surface area contributed by atoms with Gasteiger partial charge in [-0.3, -0.25) is 4.40 Å². The van der Waals surface area contributed by atoms with Crippen molar-refractivity contribution in [2.24, 2.45) is 0 Å². The van der Waals surface area contributed by atoms with E-state index in [-0.39, 0.29) is 0 Å². The Bertz CT molecular complexity index is 834. The molecular formula is C14H18N8S. The lowest BCUT2D eigenvalue weighted by molar-refractivity contribution is 0.492. The van der Waals surface area contributed by atoms with Crippen molar-refractivity contribution >= 4 is 28.1 Å². The second-order valence-electron chi connectivity index (χ2n) is 5.71. The molecule has 0 saturated carbocycles. The average molecular weight is 330 g/mol. The van der Waals surface area contributed by atoms with Crippen molar-refractivity contribution in [2.75, 3.05) is 29.9 Å². The third-order valence-corrected chi connectivity index (χ3v) is 5.12. The Kier molecular flexibility index (Phi) is 3.37. The van der Waals surface area contributed by atoms with E-state index < -0.39 is 0 Å². The lowest BCUT2D eigenvalue weighted by Gasteiger charge is -2.44. The third-order valence-electron chi connectivity index (χ3n) is 4.22. The van der Waals surface area contributed by atoms with Crippen LogP contribution in [0, 0.1) is 6.92 Å². The van der Waals surface area contributed by atoms with E-state index in [1.54, 1.807) is 0 Å². The van der Waals surface area contributed by atoms with E-state index in [2.05, 4.69) is 48.3 Å². The summed E-state index contributed by atoms with van der Waals surface area (Å²) in [6.07, 6.45) is 4.59. The van der Waals surface area contributed by atoms with Crippen molar-refractivity contribution in [1.29, 1.82) is 0 Å². The van der Waals surface area contributed by atoms with E-state index in [1.807, 2.05) is 23.7 Å². The number of fused-ring (bicyclic) bond motifs is 1. The van der Waals surface area contributed by atoms with Crippen LogP contribution >= 0.6 is 11.5 Å². The van der Waals surface area contributed by atoms with E-state index in [1.165, 1.54) is 11.5 Å². The van der Waals surface area contributed by atoms with Gasteiger partial charge in [0.1, 0.15) is 11.6 Å². The summed E-state index contributed by atoms with van der Waals surface area (Å²) >= 11 is 1.45. The van der Waals surface area contributed by atoms with Crippen LogP contribution in [-0.4, -0.2) is 55.1 Å². The number of hydrogen-bond donors (Lipinski definition) is 0. The fourth-order valence-electron chi connectivity index (χ4n) is 2.78. The SMILES string of the molecule is CCc1nnc2c(N3CC(N(C)c4nc(C)ns4)C3)nccn12. The Morgan fingerprint density at radius 1 is 1.35 bits per heavy atom. The van der Waals surface area contributed by atoms with Crippen LogP contribution in [0.5, 0.6) is 0 Å². The van der Waals surface area contributed by atoms with Gasteiger partial charge in [0.25, 0.3) is 0 Å². The molecule has 4 rings (SSSR count). The highest BCUT2D eigenvalue weighted by atomic mass is 32.1. The van der Waals surface area contributed by atoms with Crippen molar-refractivity contribution in [3.8, 4) is 0 Å². The molecule has 8 nitrogen and oxygen atoms in total. The third kappa shape index (κ3) is 2.31. The molecule has 0 radical (unpaired) electrons. The number of anilines is 2. The quantitative estimate of drug-likeness (QED) is 0.711. The molecule has 120 valence electrons. The molecule has 0 aromatic carbocycles. The minimum Gasteiger partial charge on any atom is -0.349 e. The first-order valence-corrected chi connectivity index (χ1v) is 8.41. The van der Waals surface area contributed by atoms with Gasteiger partial charge in [-0.25, -0.2) is 9.97 Å². The molecule has 23 heavy (non-hydrogen) atoms. The summed E-state index contributed by atoms with van der Waals surface area (Å²) in [7, 11) is 2.07. The highest BCUT2D eigenvalue weighted by Crippen LogP contribution is 2.28. The summed E-state index contributed by atoms with van der Waals surface area (Å²) < 4.78 is 6.27. The minimum absolute atomic E-state index is 0.415. The van der Waals surface area contributed by atoms with Crippen LogP contribution in [0.3, 0.4) is 0 Å². The number of rotatable bonds is 4. The summed E-state index contributed by atoms with van der Waals surface area (Å²) in [5.41, 5.74) is 0.831. The van der Waals surface area contributed by atoms with E-state index in [0.29, 0.717) is 6.04 Å². The molecule has 3 aromatic rings. The molecule has 0 atom stereocenters. The van der Waals surface area contributed by atoms with Crippen LogP contribution < -0.4 is 9.80 Å². The van der Waals surface area contributed by atoms with Gasteiger partial charge in [-0.05, 0) is 6.92 Å². The van der Waals surface area contributed by atoms with Crippen LogP contribution in [0.4, 0.5) is 10.9 Å². The molecule has 0 unspecified atom stereocenters. The second-order valence-corrected chi connectivity index (χ2v) is 6.44. The van der Waals surface area contributed by atoms with Crippen LogP contribution in [0.1, 0.15) is 18.6 Å². The Morgan fingerprint density at radius 3 is 2.87 bits per heavy atom. The summed E-state index contributed by atoms with van der Waals surface area (Å²) in [6.45, 7) is 5.80. The molecule has 1 aliphatic heterocycles. The highest BCUT2D eigenvalue weighted by molar-refractivity contribution is 7.09. The van der Waals surface area contributed by atoms with Gasteiger partial charge in [0, 0.05) is 50.5 Å². The predicted molar refractivity (Wildman–Crippen MR) is 89.2 cm³/mol. The fourth-order valence-corrected chi connectivity index (χ4v) is 3.49. The maximum Gasteiger partial charge on any atom is 0.205 e. The normalized spacial score (nSPS) is 15.2. The number of likely N-dealkylation sites (N-methyl/N-ethyl adjacent to an activating group) is 1. The zero-order valence-corrected chi connectivity index (χ0v) is 14.2. The largest absolute Gasteiger partial charge is 0.349 e. The second kappa shape index (κ2) is 5.41. The topological polar surface area (TPSA) is 75.3 Å². The van der Waals surface area contributed by atoms with Crippen LogP contribution in [0.15, 0.2) is 12.4 Å². The molecule has 0 aliphatic carbocycles. The first-order valence-electron chi connectivity index (χ1n) is 7.64. The van der Waals surface area contributed by atoms with Crippen molar-refractivity contribution < 1.29 is 0 Å². The van der Waals surface area contributed by atoms with E-state index >= 15 is 0 Å². The van der Waals surface area contributed by atoms with E-state index in [0.717, 1.165) is 47.8 Å². The predicted octanol–water partition coefficient (Wildman–Crippen LogP) is 1.17. The van der Waals surface area contributed by atoms with Gasteiger partial charge in [0.15, 0.2) is 5.82 Å². The van der Waals surface area contributed by atoms with Crippen molar-refractivity contribution in [2.45, 2.75) is 26.3 Å². The Morgan fingerprint density at radius 2 is 2.17 bits per heavy atom. The molecule has 9 heteroatoms. The fraction of sp³-hybridized carbons (Fsp3) is 0.500.